The molecule has 0 saturated heterocycles. The van der Waals surface area contributed by atoms with Gasteiger partial charge in [0.2, 0.25) is 0 Å². The first-order valence-corrected chi connectivity index (χ1v) is 5.74. The predicted molar refractivity (Wildman–Crippen MR) is 66.9 cm³/mol. The summed E-state index contributed by atoms with van der Waals surface area (Å²) in [6.45, 7) is 0. The van der Waals surface area contributed by atoms with Gasteiger partial charge in [0.15, 0.2) is 11.0 Å². The van der Waals surface area contributed by atoms with E-state index in [1.807, 2.05) is 0 Å². The highest BCUT2D eigenvalue weighted by molar-refractivity contribution is 9.10. The number of nitrogens with zero attached hydrogens (tertiary/aromatic N) is 3. The van der Waals surface area contributed by atoms with Crippen LogP contribution in [0.15, 0.2) is 34.9 Å². The number of nitrogens with one attached hydrogen (secondary N) is 1. The summed E-state index contributed by atoms with van der Waals surface area (Å²) >= 11 is 8.82. The van der Waals surface area contributed by atoms with E-state index in [1.165, 1.54) is 0 Å². The second kappa shape index (κ2) is 5.20. The molecule has 0 spiro atoms. The molecule has 0 fully saturated rings. The van der Waals surface area contributed by atoms with E-state index in [1.54, 1.807) is 30.5 Å². The summed E-state index contributed by atoms with van der Waals surface area (Å²) in [7, 11) is 0. The molecule has 1 N–H and O–H groups in total. The van der Waals surface area contributed by atoms with Crippen molar-refractivity contribution in [2.24, 2.45) is 0 Å². The zero-order valence-electron chi connectivity index (χ0n) is 8.39. The molecular formula is C10H6BrClN4O. The Bertz CT molecular complexity index is 529. The van der Waals surface area contributed by atoms with Gasteiger partial charge in [-0.2, -0.15) is 0 Å². The van der Waals surface area contributed by atoms with Crippen molar-refractivity contribution in [3.05, 3.63) is 45.8 Å². The minimum atomic E-state index is -0.353. The van der Waals surface area contributed by atoms with Gasteiger partial charge in [0.1, 0.15) is 5.69 Å². The predicted octanol–water partition coefficient (Wildman–Crippen LogP) is 2.54. The molecule has 17 heavy (non-hydrogen) atoms. The standard InChI is InChI=1S/C10H6BrClN4O/c11-6-1-2-7(13-5-6)10(17)14-9-4-3-8(12)15-16-9/h1-5H,(H,14,16,17). The maximum atomic E-state index is 11.7. The van der Waals surface area contributed by atoms with Crippen molar-refractivity contribution in [3.63, 3.8) is 0 Å². The van der Waals surface area contributed by atoms with Crippen LogP contribution in [0, 0.1) is 0 Å². The average Bonchev–Trinajstić information content (AvgIpc) is 2.33. The van der Waals surface area contributed by atoms with Crippen LogP contribution in [0.5, 0.6) is 0 Å². The van der Waals surface area contributed by atoms with Gasteiger partial charge in [-0.25, -0.2) is 4.98 Å². The van der Waals surface area contributed by atoms with Crippen molar-refractivity contribution >= 4 is 39.3 Å². The number of carbonyl (C=O) groups is 1. The smallest absolute Gasteiger partial charge is 0.275 e. The number of aromatic nitrogens is 3. The van der Waals surface area contributed by atoms with Crippen molar-refractivity contribution in [1.29, 1.82) is 0 Å². The molecule has 0 saturated carbocycles. The lowest BCUT2D eigenvalue weighted by molar-refractivity contribution is 0.102. The second-order valence-corrected chi connectivity index (χ2v) is 4.36. The number of amides is 1. The second-order valence-electron chi connectivity index (χ2n) is 3.06. The summed E-state index contributed by atoms with van der Waals surface area (Å²) in [4.78, 5) is 15.7. The van der Waals surface area contributed by atoms with Gasteiger partial charge >= 0.3 is 0 Å². The molecule has 2 aromatic rings. The van der Waals surface area contributed by atoms with Crippen molar-refractivity contribution in [3.8, 4) is 0 Å². The zero-order valence-corrected chi connectivity index (χ0v) is 10.7. The maximum Gasteiger partial charge on any atom is 0.275 e. The normalized spacial score (nSPS) is 10.0. The first-order chi connectivity index (χ1) is 8.15. The van der Waals surface area contributed by atoms with E-state index >= 15 is 0 Å². The van der Waals surface area contributed by atoms with Gasteiger partial charge in [-0.15, -0.1) is 10.2 Å². The fraction of sp³-hybridized carbons (Fsp3) is 0. The number of halogens is 2. The van der Waals surface area contributed by atoms with Crippen molar-refractivity contribution < 1.29 is 4.79 Å². The lowest BCUT2D eigenvalue weighted by Crippen LogP contribution is -2.14. The third-order valence-corrected chi connectivity index (χ3v) is 2.50. The van der Waals surface area contributed by atoms with Crippen molar-refractivity contribution in [2.45, 2.75) is 0 Å². The first kappa shape index (κ1) is 11.9. The molecule has 0 radical (unpaired) electrons. The van der Waals surface area contributed by atoms with Gasteiger partial charge in [0.05, 0.1) is 0 Å². The van der Waals surface area contributed by atoms with Gasteiger partial charge in [0.25, 0.3) is 5.91 Å². The summed E-state index contributed by atoms with van der Waals surface area (Å²) in [5.41, 5.74) is 0.296. The van der Waals surface area contributed by atoms with Gasteiger partial charge in [0, 0.05) is 10.7 Å². The molecule has 1 amide bonds. The molecule has 0 aromatic carbocycles. The number of anilines is 1. The molecule has 2 rings (SSSR count). The van der Waals surface area contributed by atoms with Crippen LogP contribution >= 0.6 is 27.5 Å². The lowest BCUT2D eigenvalue weighted by atomic mass is 10.3. The number of rotatable bonds is 2. The van der Waals surface area contributed by atoms with Gasteiger partial charge in [-0.1, -0.05) is 11.6 Å². The van der Waals surface area contributed by atoms with Crippen LogP contribution in [0.2, 0.25) is 5.15 Å². The van der Waals surface area contributed by atoms with Crippen LogP contribution in [0.25, 0.3) is 0 Å². The van der Waals surface area contributed by atoms with E-state index in [0.717, 1.165) is 4.47 Å². The minimum Gasteiger partial charge on any atom is -0.304 e. The van der Waals surface area contributed by atoms with E-state index in [0.29, 0.717) is 11.5 Å². The van der Waals surface area contributed by atoms with Crippen LogP contribution < -0.4 is 5.32 Å². The Labute approximate surface area is 110 Å². The number of hydrogen-bond donors (Lipinski definition) is 1. The molecule has 86 valence electrons. The highest BCUT2D eigenvalue weighted by atomic mass is 79.9. The third kappa shape index (κ3) is 3.21. The Balaban J connectivity index is 2.11. The Morgan fingerprint density at radius 1 is 1.24 bits per heavy atom. The molecule has 0 aliphatic carbocycles. The lowest BCUT2D eigenvalue weighted by Gasteiger charge is -2.02. The molecule has 2 aromatic heterocycles. The molecule has 5 nitrogen and oxygen atoms in total. The SMILES string of the molecule is O=C(Nc1ccc(Cl)nn1)c1ccc(Br)cn1. The van der Waals surface area contributed by atoms with Crippen molar-refractivity contribution in [1.82, 2.24) is 15.2 Å². The third-order valence-electron chi connectivity index (χ3n) is 1.83. The first-order valence-electron chi connectivity index (χ1n) is 4.57. The molecule has 0 unspecified atom stereocenters. The van der Waals surface area contributed by atoms with Crippen LogP contribution in [0.4, 0.5) is 5.82 Å². The summed E-state index contributed by atoms with van der Waals surface area (Å²) in [5, 5.41) is 10.1. The van der Waals surface area contributed by atoms with E-state index in [2.05, 4.69) is 36.4 Å². The molecule has 0 bridgehead atoms. The van der Waals surface area contributed by atoms with Crippen LogP contribution in [-0.2, 0) is 0 Å². The monoisotopic (exact) mass is 312 g/mol. The van der Waals surface area contributed by atoms with E-state index in [4.69, 9.17) is 11.6 Å². The number of hydrogen-bond acceptors (Lipinski definition) is 4. The molecule has 0 aliphatic heterocycles. The summed E-state index contributed by atoms with van der Waals surface area (Å²) in [6, 6.07) is 6.43. The van der Waals surface area contributed by atoms with E-state index in [-0.39, 0.29) is 11.1 Å². The van der Waals surface area contributed by atoms with Gasteiger partial charge < -0.3 is 5.32 Å². The van der Waals surface area contributed by atoms with Gasteiger partial charge in [-0.3, -0.25) is 4.79 Å². The summed E-state index contributed by atoms with van der Waals surface area (Å²) < 4.78 is 0.806. The van der Waals surface area contributed by atoms with E-state index in [9.17, 15) is 4.79 Å². The zero-order chi connectivity index (χ0) is 12.3. The van der Waals surface area contributed by atoms with Crippen LogP contribution in [-0.4, -0.2) is 21.1 Å². The molecule has 2 heterocycles. The van der Waals surface area contributed by atoms with Crippen LogP contribution in [0.1, 0.15) is 10.5 Å². The van der Waals surface area contributed by atoms with Crippen LogP contribution in [0.3, 0.4) is 0 Å². The minimum absolute atomic E-state index is 0.268. The number of carbonyl (C=O) groups excluding carboxylic acids is 1. The molecular weight excluding hydrogens is 307 g/mol. The van der Waals surface area contributed by atoms with E-state index < -0.39 is 0 Å². The molecule has 7 heteroatoms. The summed E-state index contributed by atoms with van der Waals surface area (Å²) in [6.07, 6.45) is 1.54. The Kier molecular flexibility index (Phi) is 3.65. The Morgan fingerprint density at radius 2 is 2.06 bits per heavy atom. The largest absolute Gasteiger partial charge is 0.304 e. The Morgan fingerprint density at radius 3 is 2.65 bits per heavy atom. The van der Waals surface area contributed by atoms with Crippen molar-refractivity contribution in [2.75, 3.05) is 5.32 Å². The number of pyridine rings is 1. The fourth-order valence-electron chi connectivity index (χ4n) is 1.07. The molecule has 0 atom stereocenters. The summed E-state index contributed by atoms with van der Waals surface area (Å²) in [5.74, 6) is -0.0294. The highest BCUT2D eigenvalue weighted by Crippen LogP contribution is 2.10. The van der Waals surface area contributed by atoms with Gasteiger partial charge in [-0.05, 0) is 40.2 Å². The quantitative estimate of drug-likeness (QED) is 0.925. The highest BCUT2D eigenvalue weighted by Gasteiger charge is 2.08. The average molecular weight is 314 g/mol. The fourth-order valence-corrected chi connectivity index (χ4v) is 1.41. The topological polar surface area (TPSA) is 67.8 Å². The maximum absolute atomic E-state index is 11.7. The molecule has 0 aliphatic rings. The Hall–Kier alpha value is -1.53.